The summed E-state index contributed by atoms with van der Waals surface area (Å²) in [5, 5.41) is 0. The van der Waals surface area contributed by atoms with Crippen molar-refractivity contribution in [2.75, 3.05) is 27.4 Å². The second kappa shape index (κ2) is 11.0. The Bertz CT molecular complexity index is 660. The highest BCUT2D eigenvalue weighted by molar-refractivity contribution is 5.34. The van der Waals surface area contributed by atoms with Crippen molar-refractivity contribution in [3.8, 4) is 11.5 Å². The molecule has 0 heterocycles. The van der Waals surface area contributed by atoms with Crippen molar-refractivity contribution in [1.82, 2.24) is 0 Å². The molecule has 2 aliphatic rings. The van der Waals surface area contributed by atoms with E-state index >= 15 is 0 Å². The van der Waals surface area contributed by atoms with Crippen LogP contribution in [0.5, 0.6) is 11.5 Å². The number of hydrogen-bond acceptors (Lipinski definition) is 3. The number of ether oxygens (including phenoxy) is 3. The third-order valence-electron chi connectivity index (χ3n) is 6.75. The molecule has 0 atom stereocenters. The monoisotopic (exact) mass is 408 g/mol. The largest absolute Gasteiger partial charge is 0.494 e. The molecule has 2 fully saturated rings. The van der Waals surface area contributed by atoms with Gasteiger partial charge in [-0.25, -0.2) is 0 Å². The smallest absolute Gasteiger partial charge is 0.204 e. The molecule has 2 saturated carbocycles. The Morgan fingerprint density at radius 3 is 2.07 bits per heavy atom. The van der Waals surface area contributed by atoms with Gasteiger partial charge in [0.15, 0.2) is 11.5 Å². The Morgan fingerprint density at radius 2 is 1.45 bits per heavy atom. The maximum atomic E-state index is 14.0. The van der Waals surface area contributed by atoms with Gasteiger partial charge in [0.25, 0.3) is 0 Å². The first-order valence-electron chi connectivity index (χ1n) is 10.9. The molecule has 3 rings (SSSR count). The molecule has 162 valence electrons. The van der Waals surface area contributed by atoms with E-state index < -0.39 is 11.6 Å². The number of rotatable bonds is 8. The lowest BCUT2D eigenvalue weighted by molar-refractivity contribution is 0.127. The van der Waals surface area contributed by atoms with Gasteiger partial charge in [-0.15, -0.1) is 0 Å². The van der Waals surface area contributed by atoms with Crippen LogP contribution >= 0.6 is 0 Å². The zero-order chi connectivity index (χ0) is 20.6. The first-order chi connectivity index (χ1) is 14.1. The summed E-state index contributed by atoms with van der Waals surface area (Å²) in [5.41, 5.74) is 0. The Labute approximate surface area is 173 Å². The number of methoxy groups -OCH3 is 2. The minimum Gasteiger partial charge on any atom is -0.494 e. The number of allylic oxidation sites excluding steroid dienone is 1. The normalized spacial score (nSPS) is 27.9. The van der Waals surface area contributed by atoms with E-state index in [-0.39, 0.29) is 11.5 Å². The molecule has 0 bridgehead atoms. The van der Waals surface area contributed by atoms with Crippen LogP contribution in [0.2, 0.25) is 0 Å². The zero-order valence-electron chi connectivity index (χ0n) is 17.7. The predicted octanol–water partition coefficient (Wildman–Crippen LogP) is 6.17. The topological polar surface area (TPSA) is 27.7 Å². The van der Waals surface area contributed by atoms with Crippen molar-refractivity contribution in [2.45, 2.75) is 51.4 Å². The molecule has 1 aromatic carbocycles. The van der Waals surface area contributed by atoms with E-state index in [2.05, 4.69) is 12.2 Å². The second-order valence-corrected chi connectivity index (χ2v) is 8.54. The van der Waals surface area contributed by atoms with Crippen molar-refractivity contribution < 1.29 is 23.0 Å². The van der Waals surface area contributed by atoms with Gasteiger partial charge in [-0.3, -0.25) is 0 Å². The molecular formula is C24H34F2O3. The quantitative estimate of drug-likeness (QED) is 0.482. The van der Waals surface area contributed by atoms with Gasteiger partial charge in [0.05, 0.1) is 20.3 Å². The maximum absolute atomic E-state index is 14.0. The van der Waals surface area contributed by atoms with Crippen molar-refractivity contribution >= 4 is 0 Å². The van der Waals surface area contributed by atoms with E-state index in [0.717, 1.165) is 24.7 Å². The Morgan fingerprint density at radius 1 is 0.862 bits per heavy atom. The summed E-state index contributed by atoms with van der Waals surface area (Å²) in [6, 6.07) is 2.86. The average molecular weight is 409 g/mol. The van der Waals surface area contributed by atoms with Crippen LogP contribution in [0.1, 0.15) is 51.4 Å². The highest BCUT2D eigenvalue weighted by Gasteiger charge is 2.30. The standard InChI is InChI=1S/C24H34F2O3/c1-27-15-3-4-17-5-9-19(10-6-17)20-11-7-18(8-12-20)16-29-22-14-13-21(28-2)23(25)24(22)26/h3-4,13-14,17-20H,5-12,15-16H2,1-2H3. The van der Waals surface area contributed by atoms with Gasteiger partial charge >= 0.3 is 0 Å². The molecule has 2 aliphatic carbocycles. The molecule has 1 aromatic rings. The summed E-state index contributed by atoms with van der Waals surface area (Å²) in [6.07, 6.45) is 14.4. The lowest BCUT2D eigenvalue weighted by Gasteiger charge is -2.37. The third-order valence-corrected chi connectivity index (χ3v) is 6.75. The summed E-state index contributed by atoms with van der Waals surface area (Å²) in [4.78, 5) is 0. The molecular weight excluding hydrogens is 374 g/mol. The molecule has 5 heteroatoms. The van der Waals surface area contributed by atoms with Crippen molar-refractivity contribution in [3.63, 3.8) is 0 Å². The number of hydrogen-bond donors (Lipinski definition) is 0. The van der Waals surface area contributed by atoms with E-state index in [1.165, 1.54) is 57.8 Å². The van der Waals surface area contributed by atoms with Crippen LogP contribution in [0.3, 0.4) is 0 Å². The van der Waals surface area contributed by atoms with Crippen LogP contribution in [0.4, 0.5) is 8.78 Å². The summed E-state index contributed by atoms with van der Waals surface area (Å²) in [7, 11) is 3.05. The SMILES string of the molecule is COCC=CC1CCC(C2CCC(COc3ccc(OC)c(F)c3F)CC2)CC1. The molecule has 0 unspecified atom stereocenters. The number of halogens is 2. The highest BCUT2D eigenvalue weighted by Crippen LogP contribution is 2.41. The first kappa shape index (κ1) is 22.1. The van der Waals surface area contributed by atoms with E-state index in [1.54, 1.807) is 7.11 Å². The highest BCUT2D eigenvalue weighted by atomic mass is 19.2. The van der Waals surface area contributed by atoms with Gasteiger partial charge in [-0.1, -0.05) is 12.2 Å². The minimum absolute atomic E-state index is 0.0229. The van der Waals surface area contributed by atoms with E-state index in [9.17, 15) is 8.78 Å². The molecule has 3 nitrogen and oxygen atoms in total. The van der Waals surface area contributed by atoms with Gasteiger partial charge in [0.1, 0.15) is 0 Å². The molecule has 0 spiro atoms. The minimum atomic E-state index is -0.985. The second-order valence-electron chi connectivity index (χ2n) is 8.54. The zero-order valence-corrected chi connectivity index (χ0v) is 17.7. The van der Waals surface area contributed by atoms with Crippen LogP contribution in [0, 0.1) is 35.3 Å². The summed E-state index contributed by atoms with van der Waals surface area (Å²) in [6.45, 7) is 1.16. The fraction of sp³-hybridized carbons (Fsp3) is 0.667. The molecule has 0 saturated heterocycles. The fourth-order valence-corrected chi connectivity index (χ4v) is 4.97. The summed E-state index contributed by atoms with van der Waals surface area (Å²) in [5.74, 6) is 0.720. The van der Waals surface area contributed by atoms with Crippen LogP contribution in [0.15, 0.2) is 24.3 Å². The third kappa shape index (κ3) is 5.94. The molecule has 0 radical (unpaired) electrons. The van der Waals surface area contributed by atoms with Gasteiger partial charge in [-0.05, 0) is 87.2 Å². The van der Waals surface area contributed by atoms with Crippen molar-refractivity contribution in [3.05, 3.63) is 35.9 Å². The lowest BCUT2D eigenvalue weighted by Crippen LogP contribution is -2.27. The van der Waals surface area contributed by atoms with E-state index in [0.29, 0.717) is 25.0 Å². The van der Waals surface area contributed by atoms with E-state index in [1.807, 2.05) is 0 Å². The van der Waals surface area contributed by atoms with Gasteiger partial charge in [-0.2, -0.15) is 8.78 Å². The Kier molecular flexibility index (Phi) is 8.34. The molecule has 0 aliphatic heterocycles. The summed E-state index contributed by atoms with van der Waals surface area (Å²) < 4.78 is 43.3. The first-order valence-corrected chi connectivity index (χ1v) is 10.9. The molecule has 29 heavy (non-hydrogen) atoms. The average Bonchev–Trinajstić information content (AvgIpc) is 2.76. The molecule has 0 N–H and O–H groups in total. The van der Waals surface area contributed by atoms with Gasteiger partial charge < -0.3 is 14.2 Å². The van der Waals surface area contributed by atoms with E-state index in [4.69, 9.17) is 14.2 Å². The molecule has 0 amide bonds. The predicted molar refractivity (Wildman–Crippen MR) is 110 cm³/mol. The van der Waals surface area contributed by atoms with Crippen LogP contribution in [-0.4, -0.2) is 27.4 Å². The Hall–Kier alpha value is -1.62. The molecule has 0 aromatic heterocycles. The van der Waals surface area contributed by atoms with Gasteiger partial charge in [0, 0.05) is 7.11 Å². The number of benzene rings is 1. The lowest BCUT2D eigenvalue weighted by atomic mass is 9.69. The summed E-state index contributed by atoms with van der Waals surface area (Å²) >= 11 is 0. The van der Waals surface area contributed by atoms with Crippen LogP contribution in [-0.2, 0) is 4.74 Å². The van der Waals surface area contributed by atoms with Crippen LogP contribution in [0.25, 0.3) is 0 Å². The Balaban J connectivity index is 1.40. The van der Waals surface area contributed by atoms with Gasteiger partial charge in [0.2, 0.25) is 11.6 Å². The van der Waals surface area contributed by atoms with Crippen LogP contribution < -0.4 is 9.47 Å². The maximum Gasteiger partial charge on any atom is 0.204 e. The fourth-order valence-electron chi connectivity index (χ4n) is 4.97. The van der Waals surface area contributed by atoms with Crippen molar-refractivity contribution in [2.24, 2.45) is 23.7 Å². The van der Waals surface area contributed by atoms with Crippen molar-refractivity contribution in [1.29, 1.82) is 0 Å².